The predicted molar refractivity (Wildman–Crippen MR) is 82.1 cm³/mol. The first-order valence-corrected chi connectivity index (χ1v) is 7.27. The second-order valence-corrected chi connectivity index (χ2v) is 5.13. The maximum Gasteiger partial charge on any atom is 0.325 e. The predicted octanol–water partition coefficient (Wildman–Crippen LogP) is -3.64. The van der Waals surface area contributed by atoms with Gasteiger partial charge in [0.1, 0.15) is 12.1 Å². The van der Waals surface area contributed by atoms with Gasteiger partial charge in [-0.15, -0.1) is 0 Å². The summed E-state index contributed by atoms with van der Waals surface area (Å²) in [4.78, 5) is 56.0. The van der Waals surface area contributed by atoms with E-state index in [1.807, 2.05) is 0 Å². The molecule has 3 amide bonds. The summed E-state index contributed by atoms with van der Waals surface area (Å²) in [6.45, 7) is -0.136. The van der Waals surface area contributed by atoms with Gasteiger partial charge in [0.2, 0.25) is 17.7 Å². The zero-order valence-electron chi connectivity index (χ0n) is 13.5. The van der Waals surface area contributed by atoms with Crippen LogP contribution in [0, 0.1) is 0 Å². The Morgan fingerprint density at radius 3 is 2.12 bits per heavy atom. The van der Waals surface area contributed by atoms with Crippen LogP contribution in [0.4, 0.5) is 0 Å². The summed E-state index contributed by atoms with van der Waals surface area (Å²) in [5.41, 5.74) is 5.44. The summed E-state index contributed by atoms with van der Waals surface area (Å²) >= 11 is 0. The Morgan fingerprint density at radius 2 is 1.64 bits per heavy atom. The standard InChI is InChI=1S/C13H22N4O8/c1-6(13(24)25)16-12(23)8(5-18)17-9(19)4-15-11(22)7(14)2-3-10(20)21/h6-8,18H,2-5,14H2,1H3,(H,15,22)(H,16,23)(H,17,19)(H,20,21)(H,24,25). The van der Waals surface area contributed by atoms with Gasteiger partial charge >= 0.3 is 11.9 Å². The highest BCUT2D eigenvalue weighted by Gasteiger charge is 2.24. The molecule has 25 heavy (non-hydrogen) atoms. The van der Waals surface area contributed by atoms with Gasteiger partial charge in [-0.05, 0) is 13.3 Å². The van der Waals surface area contributed by atoms with E-state index in [1.165, 1.54) is 6.92 Å². The fraction of sp³-hybridized carbons (Fsp3) is 0.615. The Labute approximate surface area is 142 Å². The molecule has 12 heteroatoms. The van der Waals surface area contributed by atoms with Crippen LogP contribution in [0.25, 0.3) is 0 Å². The SMILES string of the molecule is CC(NC(=O)C(CO)NC(=O)CNC(=O)C(N)CCC(=O)O)C(=O)O. The quantitative estimate of drug-likeness (QED) is 0.193. The lowest BCUT2D eigenvalue weighted by molar-refractivity contribution is -0.142. The molecule has 0 rings (SSSR count). The topological polar surface area (TPSA) is 208 Å². The van der Waals surface area contributed by atoms with Crippen LogP contribution < -0.4 is 21.7 Å². The Bertz CT molecular complexity index is 524. The first-order chi connectivity index (χ1) is 11.6. The minimum absolute atomic E-state index is 0.114. The number of carboxylic acid groups (broad SMARTS) is 2. The van der Waals surface area contributed by atoms with Crippen LogP contribution in [0.3, 0.4) is 0 Å². The Morgan fingerprint density at radius 1 is 1.04 bits per heavy atom. The van der Waals surface area contributed by atoms with E-state index in [9.17, 15) is 24.0 Å². The van der Waals surface area contributed by atoms with Gasteiger partial charge in [-0.25, -0.2) is 0 Å². The molecule has 0 aromatic carbocycles. The maximum atomic E-state index is 11.7. The number of amides is 3. The van der Waals surface area contributed by atoms with Crippen molar-refractivity contribution in [2.75, 3.05) is 13.2 Å². The normalized spacial score (nSPS) is 13.9. The van der Waals surface area contributed by atoms with Crippen molar-refractivity contribution in [1.82, 2.24) is 16.0 Å². The number of nitrogens with two attached hydrogens (primary N) is 1. The highest BCUT2D eigenvalue weighted by atomic mass is 16.4. The average molecular weight is 362 g/mol. The lowest BCUT2D eigenvalue weighted by atomic mass is 10.1. The molecule has 142 valence electrons. The molecule has 0 aromatic heterocycles. The number of carbonyl (C=O) groups is 5. The van der Waals surface area contributed by atoms with Gasteiger partial charge in [0.25, 0.3) is 0 Å². The average Bonchev–Trinajstić information content (AvgIpc) is 2.54. The van der Waals surface area contributed by atoms with E-state index in [2.05, 4.69) is 16.0 Å². The molecule has 3 atom stereocenters. The minimum Gasteiger partial charge on any atom is -0.481 e. The first-order valence-electron chi connectivity index (χ1n) is 7.27. The molecule has 0 bridgehead atoms. The summed E-state index contributed by atoms with van der Waals surface area (Å²) in [6, 6.07) is -3.73. The van der Waals surface area contributed by atoms with Crippen molar-refractivity contribution in [2.24, 2.45) is 5.73 Å². The number of aliphatic carboxylic acids is 2. The number of carboxylic acids is 2. The van der Waals surface area contributed by atoms with Gasteiger partial charge in [-0.3, -0.25) is 24.0 Å². The van der Waals surface area contributed by atoms with Crippen LogP contribution in [-0.2, 0) is 24.0 Å². The Hall–Kier alpha value is -2.73. The van der Waals surface area contributed by atoms with Crippen LogP contribution >= 0.6 is 0 Å². The molecule has 8 N–H and O–H groups in total. The molecule has 12 nitrogen and oxygen atoms in total. The van der Waals surface area contributed by atoms with E-state index in [0.717, 1.165) is 0 Å². The highest BCUT2D eigenvalue weighted by molar-refractivity contribution is 5.92. The van der Waals surface area contributed by atoms with Gasteiger partial charge in [-0.1, -0.05) is 0 Å². The number of aliphatic hydroxyl groups excluding tert-OH is 1. The molecule has 0 aromatic rings. The first kappa shape index (κ1) is 22.3. The summed E-state index contributed by atoms with van der Waals surface area (Å²) < 4.78 is 0. The summed E-state index contributed by atoms with van der Waals surface area (Å²) in [6.07, 6.45) is -0.424. The third-order valence-corrected chi connectivity index (χ3v) is 2.99. The van der Waals surface area contributed by atoms with Crippen LogP contribution in [0.2, 0.25) is 0 Å². The van der Waals surface area contributed by atoms with E-state index >= 15 is 0 Å². The van der Waals surface area contributed by atoms with E-state index in [1.54, 1.807) is 0 Å². The van der Waals surface area contributed by atoms with Crippen molar-refractivity contribution >= 4 is 29.7 Å². The molecule has 0 saturated carbocycles. The molecule has 0 aliphatic heterocycles. The summed E-state index contributed by atoms with van der Waals surface area (Å²) in [5, 5.41) is 32.6. The van der Waals surface area contributed by atoms with Gasteiger partial charge < -0.3 is 37.0 Å². The van der Waals surface area contributed by atoms with Crippen LogP contribution in [0.5, 0.6) is 0 Å². The molecule has 0 aliphatic carbocycles. The third kappa shape index (κ3) is 9.22. The van der Waals surface area contributed by atoms with Crippen LogP contribution in [-0.4, -0.2) is 76.3 Å². The smallest absolute Gasteiger partial charge is 0.325 e. The van der Waals surface area contributed by atoms with Crippen LogP contribution in [0.1, 0.15) is 19.8 Å². The lowest BCUT2D eigenvalue weighted by Gasteiger charge is -2.18. The molecule has 0 aliphatic rings. The maximum absolute atomic E-state index is 11.7. The fourth-order valence-electron chi connectivity index (χ4n) is 1.52. The van der Waals surface area contributed by atoms with Crippen molar-refractivity contribution in [3.63, 3.8) is 0 Å². The van der Waals surface area contributed by atoms with E-state index in [4.69, 9.17) is 21.1 Å². The molecular formula is C13H22N4O8. The number of nitrogens with one attached hydrogen (secondary N) is 3. The van der Waals surface area contributed by atoms with Gasteiger partial charge in [0, 0.05) is 6.42 Å². The molecule has 0 radical (unpaired) electrons. The monoisotopic (exact) mass is 362 g/mol. The van der Waals surface area contributed by atoms with Crippen molar-refractivity contribution in [2.45, 2.75) is 37.9 Å². The second kappa shape index (κ2) is 10.9. The van der Waals surface area contributed by atoms with Crippen molar-refractivity contribution in [3.8, 4) is 0 Å². The minimum atomic E-state index is -1.40. The Balaban J connectivity index is 4.37. The zero-order chi connectivity index (χ0) is 19.6. The zero-order valence-corrected chi connectivity index (χ0v) is 13.5. The largest absolute Gasteiger partial charge is 0.481 e. The molecular weight excluding hydrogens is 340 g/mol. The van der Waals surface area contributed by atoms with Gasteiger partial charge in [0.05, 0.1) is 19.2 Å². The molecule has 3 unspecified atom stereocenters. The van der Waals surface area contributed by atoms with Gasteiger partial charge in [0.15, 0.2) is 0 Å². The highest BCUT2D eigenvalue weighted by Crippen LogP contribution is 1.94. The molecule has 0 spiro atoms. The molecule has 0 heterocycles. The van der Waals surface area contributed by atoms with E-state index in [-0.39, 0.29) is 12.8 Å². The fourth-order valence-corrected chi connectivity index (χ4v) is 1.52. The van der Waals surface area contributed by atoms with E-state index < -0.39 is 60.9 Å². The number of aliphatic hydroxyl groups is 1. The van der Waals surface area contributed by atoms with Gasteiger partial charge in [-0.2, -0.15) is 0 Å². The number of rotatable bonds is 11. The Kier molecular flexibility index (Phi) is 9.74. The lowest BCUT2D eigenvalue weighted by Crippen LogP contribution is -2.54. The second-order valence-electron chi connectivity index (χ2n) is 5.13. The number of carbonyl (C=O) groups excluding carboxylic acids is 3. The van der Waals surface area contributed by atoms with E-state index in [0.29, 0.717) is 0 Å². The molecule has 0 saturated heterocycles. The van der Waals surface area contributed by atoms with Crippen LogP contribution in [0.15, 0.2) is 0 Å². The molecule has 0 fully saturated rings. The summed E-state index contributed by atoms with van der Waals surface area (Å²) in [7, 11) is 0. The van der Waals surface area contributed by atoms with Crippen molar-refractivity contribution < 1.29 is 39.3 Å². The number of hydrogen-bond acceptors (Lipinski definition) is 7. The third-order valence-electron chi connectivity index (χ3n) is 2.99. The van der Waals surface area contributed by atoms with Crippen molar-refractivity contribution in [3.05, 3.63) is 0 Å². The number of hydrogen-bond donors (Lipinski definition) is 7. The summed E-state index contributed by atoms with van der Waals surface area (Å²) in [5.74, 6) is -4.89. The van der Waals surface area contributed by atoms with Crippen molar-refractivity contribution in [1.29, 1.82) is 0 Å².